The normalized spacial score (nSPS) is 10.9. The van der Waals surface area contributed by atoms with Crippen LogP contribution in [0.15, 0.2) is 34.8 Å². The van der Waals surface area contributed by atoms with Crippen LogP contribution in [0.1, 0.15) is 38.1 Å². The van der Waals surface area contributed by atoms with Gasteiger partial charge in [-0.2, -0.15) is 0 Å². The van der Waals surface area contributed by atoms with Crippen molar-refractivity contribution in [3.05, 3.63) is 40.4 Å². The van der Waals surface area contributed by atoms with Gasteiger partial charge in [0.2, 0.25) is 0 Å². The Hall–Kier alpha value is -1.82. The van der Waals surface area contributed by atoms with Gasteiger partial charge in [0.05, 0.1) is 19.2 Å². The number of methoxy groups -OCH3 is 1. The molecule has 2 amide bonds. The molecule has 23 heavy (non-hydrogen) atoms. The van der Waals surface area contributed by atoms with E-state index >= 15 is 0 Å². The molecule has 5 nitrogen and oxygen atoms in total. The van der Waals surface area contributed by atoms with E-state index in [2.05, 4.69) is 22.5 Å². The van der Waals surface area contributed by atoms with Crippen molar-refractivity contribution >= 4 is 27.9 Å². The molecule has 0 aliphatic carbocycles. The number of carbonyl (C=O) groups is 2. The van der Waals surface area contributed by atoms with E-state index < -0.39 is 17.6 Å². The van der Waals surface area contributed by atoms with Gasteiger partial charge in [-0.1, -0.05) is 12.2 Å². The van der Waals surface area contributed by atoms with Gasteiger partial charge in [-0.25, -0.2) is 9.69 Å². The highest BCUT2D eigenvalue weighted by Gasteiger charge is 2.29. The summed E-state index contributed by atoms with van der Waals surface area (Å²) in [7, 11) is 1.54. The second-order valence-electron chi connectivity index (χ2n) is 6.17. The summed E-state index contributed by atoms with van der Waals surface area (Å²) in [6.45, 7) is 10.8. The van der Waals surface area contributed by atoms with E-state index in [4.69, 9.17) is 9.47 Å². The van der Waals surface area contributed by atoms with Gasteiger partial charge in [-0.3, -0.25) is 4.79 Å². The van der Waals surface area contributed by atoms with Crippen molar-refractivity contribution in [2.75, 3.05) is 13.7 Å². The van der Waals surface area contributed by atoms with E-state index in [9.17, 15) is 9.59 Å². The second-order valence-corrected chi connectivity index (χ2v) is 7.03. The van der Waals surface area contributed by atoms with Crippen LogP contribution < -0.4 is 4.74 Å². The lowest BCUT2D eigenvalue weighted by atomic mass is 10.1. The molecular weight excluding hydrogens is 362 g/mol. The van der Waals surface area contributed by atoms with E-state index in [1.807, 2.05) is 0 Å². The number of halogens is 1. The molecule has 0 N–H and O–H groups in total. The number of nitrogens with zero attached hydrogens (tertiary/aromatic N) is 1. The van der Waals surface area contributed by atoms with Crippen LogP contribution in [0.3, 0.4) is 0 Å². The van der Waals surface area contributed by atoms with Crippen LogP contribution in [0.25, 0.3) is 0 Å². The Kier molecular flexibility index (Phi) is 6.38. The molecule has 0 atom stereocenters. The maximum atomic E-state index is 12.7. The van der Waals surface area contributed by atoms with Crippen LogP contribution in [-0.2, 0) is 4.74 Å². The van der Waals surface area contributed by atoms with Gasteiger partial charge in [0.1, 0.15) is 11.4 Å². The quantitative estimate of drug-likeness (QED) is 0.722. The van der Waals surface area contributed by atoms with Crippen LogP contribution in [0.2, 0.25) is 0 Å². The first-order valence-corrected chi connectivity index (χ1v) is 7.87. The lowest BCUT2D eigenvalue weighted by Gasteiger charge is -2.26. The summed E-state index contributed by atoms with van der Waals surface area (Å²) >= 11 is 3.33. The number of amides is 2. The molecule has 0 saturated carbocycles. The highest BCUT2D eigenvalue weighted by Crippen LogP contribution is 2.25. The predicted octanol–water partition coefficient (Wildman–Crippen LogP) is 4.41. The van der Waals surface area contributed by atoms with Crippen LogP contribution in [-0.4, -0.2) is 36.2 Å². The van der Waals surface area contributed by atoms with Gasteiger partial charge in [-0.05, 0) is 61.8 Å². The van der Waals surface area contributed by atoms with Crippen LogP contribution >= 0.6 is 15.9 Å². The maximum Gasteiger partial charge on any atom is 0.417 e. The smallest absolute Gasteiger partial charge is 0.417 e. The Morgan fingerprint density at radius 2 is 1.91 bits per heavy atom. The summed E-state index contributed by atoms with van der Waals surface area (Å²) in [6.07, 6.45) is -0.701. The highest BCUT2D eigenvalue weighted by atomic mass is 79.9. The van der Waals surface area contributed by atoms with Crippen molar-refractivity contribution in [2.45, 2.75) is 33.3 Å². The molecule has 0 saturated heterocycles. The molecule has 126 valence electrons. The third kappa shape index (κ3) is 5.71. The fourth-order valence-corrected chi connectivity index (χ4v) is 2.28. The van der Waals surface area contributed by atoms with Crippen molar-refractivity contribution in [1.82, 2.24) is 4.90 Å². The minimum atomic E-state index is -0.701. The van der Waals surface area contributed by atoms with Crippen molar-refractivity contribution < 1.29 is 19.1 Å². The summed E-state index contributed by atoms with van der Waals surface area (Å²) < 4.78 is 11.0. The molecule has 0 heterocycles. The number of carbonyl (C=O) groups excluding carboxylic acids is 2. The maximum absolute atomic E-state index is 12.7. The minimum Gasteiger partial charge on any atom is -0.497 e. The highest BCUT2D eigenvalue weighted by molar-refractivity contribution is 9.10. The van der Waals surface area contributed by atoms with Gasteiger partial charge in [0.15, 0.2) is 0 Å². The summed E-state index contributed by atoms with van der Waals surface area (Å²) in [4.78, 5) is 26.1. The van der Waals surface area contributed by atoms with Crippen LogP contribution in [0, 0.1) is 0 Å². The first kappa shape index (κ1) is 19.2. The molecule has 0 aliphatic heterocycles. The average molecular weight is 384 g/mol. The molecule has 0 aromatic heterocycles. The topological polar surface area (TPSA) is 55.8 Å². The lowest BCUT2D eigenvalue weighted by Crippen LogP contribution is -2.41. The molecule has 0 unspecified atom stereocenters. The number of ether oxygens (including phenoxy) is 2. The summed E-state index contributed by atoms with van der Waals surface area (Å²) in [6, 6.07) is 4.92. The summed E-state index contributed by atoms with van der Waals surface area (Å²) in [5.41, 5.74) is 0.328. The SMILES string of the molecule is C=C(C)CN(C(=O)OC(C)(C)C)C(=O)c1ccc(OC)cc1Br. The summed E-state index contributed by atoms with van der Waals surface area (Å²) in [5, 5.41) is 0. The lowest BCUT2D eigenvalue weighted by molar-refractivity contribution is 0.0256. The Balaban J connectivity index is 3.14. The molecule has 6 heteroatoms. The van der Waals surface area contributed by atoms with Gasteiger partial charge in [-0.15, -0.1) is 0 Å². The van der Waals surface area contributed by atoms with Crippen molar-refractivity contribution in [3.63, 3.8) is 0 Å². The first-order valence-electron chi connectivity index (χ1n) is 7.08. The number of benzene rings is 1. The second kappa shape index (κ2) is 7.64. The van der Waals surface area contributed by atoms with Crippen LogP contribution in [0.4, 0.5) is 4.79 Å². The largest absolute Gasteiger partial charge is 0.497 e. The molecule has 0 bridgehead atoms. The molecule has 1 aromatic carbocycles. The fraction of sp³-hybridized carbons (Fsp3) is 0.412. The standard InChI is InChI=1S/C17H22BrNO4/c1-11(2)10-19(16(21)23-17(3,4)5)15(20)13-8-7-12(22-6)9-14(13)18/h7-9H,1,10H2,2-6H3. The Bertz CT molecular complexity index is 620. The van der Waals surface area contributed by atoms with E-state index in [1.165, 1.54) is 7.11 Å². The van der Waals surface area contributed by atoms with E-state index in [-0.39, 0.29) is 6.54 Å². The molecular formula is C17H22BrNO4. The Morgan fingerprint density at radius 1 is 1.30 bits per heavy atom. The molecule has 0 radical (unpaired) electrons. The molecule has 0 fully saturated rings. The van der Waals surface area contributed by atoms with E-state index in [1.54, 1.807) is 45.9 Å². The Labute approximate surface area is 145 Å². The predicted molar refractivity (Wildman–Crippen MR) is 92.8 cm³/mol. The number of imide groups is 1. The molecule has 1 aromatic rings. The fourth-order valence-electron chi connectivity index (χ4n) is 1.75. The molecule has 1 rings (SSSR count). The van der Waals surface area contributed by atoms with E-state index in [0.717, 1.165) is 4.90 Å². The third-order valence-electron chi connectivity index (χ3n) is 2.69. The van der Waals surface area contributed by atoms with Crippen LogP contribution in [0.5, 0.6) is 5.75 Å². The van der Waals surface area contributed by atoms with Gasteiger partial charge < -0.3 is 9.47 Å². The van der Waals surface area contributed by atoms with Crippen molar-refractivity contribution in [2.24, 2.45) is 0 Å². The number of rotatable bonds is 4. The first-order chi connectivity index (χ1) is 10.5. The van der Waals surface area contributed by atoms with E-state index in [0.29, 0.717) is 21.4 Å². The third-order valence-corrected chi connectivity index (χ3v) is 3.35. The number of hydrogen-bond acceptors (Lipinski definition) is 4. The zero-order valence-corrected chi connectivity index (χ0v) is 15.7. The summed E-state index contributed by atoms with van der Waals surface area (Å²) in [5.74, 6) is 0.147. The van der Waals surface area contributed by atoms with Gasteiger partial charge >= 0.3 is 6.09 Å². The van der Waals surface area contributed by atoms with Crippen molar-refractivity contribution in [3.8, 4) is 5.75 Å². The monoisotopic (exact) mass is 383 g/mol. The molecule has 0 aliphatic rings. The van der Waals surface area contributed by atoms with Crippen molar-refractivity contribution in [1.29, 1.82) is 0 Å². The zero-order valence-electron chi connectivity index (χ0n) is 14.1. The zero-order chi connectivity index (χ0) is 17.8. The minimum absolute atomic E-state index is 0.0895. The number of hydrogen-bond donors (Lipinski definition) is 0. The van der Waals surface area contributed by atoms with Gasteiger partial charge in [0, 0.05) is 4.47 Å². The Morgan fingerprint density at radius 3 is 2.35 bits per heavy atom. The molecule has 0 spiro atoms. The average Bonchev–Trinajstić information content (AvgIpc) is 2.41. The van der Waals surface area contributed by atoms with Gasteiger partial charge in [0.25, 0.3) is 5.91 Å².